The number of rotatable bonds is 7. The molecule has 2 aliphatic heterocycles. The van der Waals surface area contributed by atoms with E-state index in [9.17, 15) is 24.7 Å². The number of aliphatic carboxylic acids is 1. The molecular formula is C20H16N8O6S2. The minimum atomic E-state index is -1.49. The molecule has 3 aromatic heterocycles. The van der Waals surface area contributed by atoms with Crippen molar-refractivity contribution in [3.63, 3.8) is 0 Å². The van der Waals surface area contributed by atoms with Gasteiger partial charge in [-0.1, -0.05) is 10.3 Å². The Morgan fingerprint density at radius 1 is 1.39 bits per heavy atom. The van der Waals surface area contributed by atoms with E-state index in [0.29, 0.717) is 11.4 Å². The van der Waals surface area contributed by atoms with E-state index in [0.717, 1.165) is 21.8 Å². The first-order valence-electron chi connectivity index (χ1n) is 10.3. The van der Waals surface area contributed by atoms with E-state index in [1.54, 1.807) is 29.1 Å². The van der Waals surface area contributed by atoms with Crippen molar-refractivity contribution in [2.24, 2.45) is 5.16 Å². The second-order valence-corrected chi connectivity index (χ2v) is 9.63. The van der Waals surface area contributed by atoms with Crippen molar-refractivity contribution in [2.45, 2.75) is 18.0 Å². The number of aromatic nitrogens is 4. The van der Waals surface area contributed by atoms with E-state index in [2.05, 4.69) is 25.6 Å². The zero-order valence-corrected chi connectivity index (χ0v) is 19.7. The molecule has 0 aromatic carbocycles. The molecule has 5 rings (SSSR count). The molecule has 4 N–H and O–H groups in total. The molecule has 1 fully saturated rings. The summed E-state index contributed by atoms with van der Waals surface area (Å²) in [5, 5.41) is 31.4. The third-order valence-corrected chi connectivity index (χ3v) is 7.50. The Hall–Kier alpha value is -4.31. The number of pyridine rings is 1. The van der Waals surface area contributed by atoms with E-state index < -0.39 is 34.9 Å². The zero-order valence-electron chi connectivity index (χ0n) is 18.1. The number of fused-ring (bicyclic) bond motifs is 1. The van der Waals surface area contributed by atoms with Crippen LogP contribution >= 0.6 is 23.1 Å². The number of hydrogen-bond acceptors (Lipinski definition) is 13. The van der Waals surface area contributed by atoms with Crippen LogP contribution in [0.15, 0.2) is 57.2 Å². The minimum absolute atomic E-state index is 0.0532. The van der Waals surface area contributed by atoms with Crippen LogP contribution in [0.5, 0.6) is 0 Å². The van der Waals surface area contributed by atoms with Crippen LogP contribution < -0.4 is 20.7 Å². The van der Waals surface area contributed by atoms with Gasteiger partial charge in [0.25, 0.3) is 11.8 Å². The number of nitrogens with one attached hydrogen (secondary N) is 1. The van der Waals surface area contributed by atoms with E-state index in [1.807, 2.05) is 0 Å². The fourth-order valence-corrected chi connectivity index (χ4v) is 5.73. The van der Waals surface area contributed by atoms with Crippen LogP contribution in [0.1, 0.15) is 5.69 Å². The van der Waals surface area contributed by atoms with Gasteiger partial charge in [0.05, 0.1) is 11.7 Å². The van der Waals surface area contributed by atoms with Gasteiger partial charge in [0.1, 0.15) is 17.1 Å². The number of nitrogens with two attached hydrogens (primary N) is 1. The first-order valence-corrected chi connectivity index (χ1v) is 12.2. The molecule has 184 valence electrons. The summed E-state index contributed by atoms with van der Waals surface area (Å²) in [6, 6.07) is 2.48. The standard InChI is InChI=1S/C20H16N8O6S2/c21-20-23-11(7-36-20)12(25-33)16(29)24-13-17(30)28-14(19(31)32)10(6-35-18(13)28)5-27-3-1-9(2-4-27)15-22-8-34-26-15/h1-4,7-8,13,18H,5-6H2,(H4-,21,23,24,29,31,32,33)/t13-,18-/m1/s1. The van der Waals surface area contributed by atoms with Gasteiger partial charge in [0.15, 0.2) is 29.8 Å². The van der Waals surface area contributed by atoms with Gasteiger partial charge in [-0.2, -0.15) is 4.98 Å². The molecule has 2 atom stereocenters. The highest BCUT2D eigenvalue weighted by molar-refractivity contribution is 8.00. The Labute approximate surface area is 210 Å². The predicted octanol–water partition coefficient (Wildman–Crippen LogP) is -1.65. The van der Waals surface area contributed by atoms with Crippen molar-refractivity contribution >= 4 is 51.7 Å². The predicted molar refractivity (Wildman–Crippen MR) is 122 cm³/mol. The minimum Gasteiger partial charge on any atom is -0.543 e. The third kappa shape index (κ3) is 4.16. The summed E-state index contributed by atoms with van der Waals surface area (Å²) in [7, 11) is 0. The summed E-state index contributed by atoms with van der Waals surface area (Å²) in [6.07, 6.45) is 4.67. The lowest BCUT2D eigenvalue weighted by molar-refractivity contribution is -0.689. The molecule has 36 heavy (non-hydrogen) atoms. The van der Waals surface area contributed by atoms with E-state index >= 15 is 0 Å². The molecule has 5 heterocycles. The molecule has 3 aromatic rings. The average Bonchev–Trinajstić information content (AvgIpc) is 3.55. The second-order valence-electron chi connectivity index (χ2n) is 7.63. The molecule has 0 spiro atoms. The number of anilines is 1. The maximum absolute atomic E-state index is 12.9. The second kappa shape index (κ2) is 9.38. The number of β-lactam (4-membered cyclic amide) rings is 1. The largest absolute Gasteiger partial charge is 0.543 e. The highest BCUT2D eigenvalue weighted by atomic mass is 32.2. The highest BCUT2D eigenvalue weighted by Gasteiger charge is 2.53. The molecule has 1 saturated heterocycles. The maximum atomic E-state index is 12.9. The summed E-state index contributed by atoms with van der Waals surface area (Å²) >= 11 is 2.35. The Morgan fingerprint density at radius 3 is 2.78 bits per heavy atom. The molecule has 0 unspecified atom stereocenters. The SMILES string of the molecule is Nc1nc(/C(=N/O)C(=O)N[C@@H]2C(=O)N3C(C(=O)[O-])=C(C[n+]4ccc(-c5ncon5)cc4)CS[C@H]23)cs1. The lowest BCUT2D eigenvalue weighted by atomic mass is 10.0. The van der Waals surface area contributed by atoms with Crippen LogP contribution in [0, 0.1) is 0 Å². The van der Waals surface area contributed by atoms with Gasteiger partial charge in [-0.25, -0.2) is 9.55 Å². The summed E-state index contributed by atoms with van der Waals surface area (Å²) in [4.78, 5) is 46.5. The van der Waals surface area contributed by atoms with Crippen molar-refractivity contribution in [1.29, 1.82) is 0 Å². The first-order chi connectivity index (χ1) is 17.4. The van der Waals surface area contributed by atoms with Gasteiger partial charge in [-0.05, 0) is 0 Å². The molecule has 0 saturated carbocycles. The highest BCUT2D eigenvalue weighted by Crippen LogP contribution is 2.40. The van der Waals surface area contributed by atoms with Gasteiger partial charge < -0.3 is 30.7 Å². The number of nitrogens with zero attached hydrogens (tertiary/aromatic N) is 6. The molecule has 0 aliphatic carbocycles. The number of thioether (sulfide) groups is 1. The molecule has 16 heteroatoms. The van der Waals surface area contributed by atoms with Crippen molar-refractivity contribution < 1.29 is 33.8 Å². The van der Waals surface area contributed by atoms with Crippen molar-refractivity contribution in [3.05, 3.63) is 53.3 Å². The summed E-state index contributed by atoms with van der Waals surface area (Å²) < 4.78 is 6.48. The van der Waals surface area contributed by atoms with E-state index in [4.69, 9.17) is 10.3 Å². The summed E-state index contributed by atoms with van der Waals surface area (Å²) in [6.45, 7) is 0.197. The maximum Gasteiger partial charge on any atom is 0.276 e. The van der Waals surface area contributed by atoms with Crippen LogP contribution in [-0.2, 0) is 20.9 Å². The number of nitrogen functional groups attached to an aromatic ring is 1. The number of thiazole rings is 1. The molecule has 2 amide bonds. The van der Waals surface area contributed by atoms with Gasteiger partial charge in [0, 0.05) is 34.4 Å². The van der Waals surface area contributed by atoms with Gasteiger partial charge >= 0.3 is 0 Å². The molecule has 2 aliphatic rings. The van der Waals surface area contributed by atoms with Crippen LogP contribution in [0.3, 0.4) is 0 Å². The van der Waals surface area contributed by atoms with Gasteiger partial charge in [0.2, 0.25) is 12.2 Å². The Kier molecular flexibility index (Phi) is 6.11. The van der Waals surface area contributed by atoms with Crippen LogP contribution in [0.4, 0.5) is 5.13 Å². The number of amides is 2. The van der Waals surface area contributed by atoms with Crippen LogP contribution in [-0.4, -0.2) is 65.9 Å². The zero-order chi connectivity index (χ0) is 25.4. The normalized spacial score (nSPS) is 19.6. The molecule has 0 bridgehead atoms. The number of hydrogen-bond donors (Lipinski definition) is 3. The Morgan fingerprint density at radius 2 is 2.17 bits per heavy atom. The molecule has 14 nitrogen and oxygen atoms in total. The van der Waals surface area contributed by atoms with Gasteiger partial charge in [-0.15, -0.1) is 23.1 Å². The van der Waals surface area contributed by atoms with E-state index in [-0.39, 0.29) is 28.8 Å². The lowest BCUT2D eigenvalue weighted by Gasteiger charge is -2.50. The first kappa shape index (κ1) is 23.4. The third-order valence-electron chi connectivity index (χ3n) is 5.49. The van der Waals surface area contributed by atoms with Gasteiger partial charge in [-0.3, -0.25) is 14.5 Å². The monoisotopic (exact) mass is 528 g/mol. The van der Waals surface area contributed by atoms with Crippen LogP contribution in [0.25, 0.3) is 11.4 Å². The fourth-order valence-electron chi connectivity index (χ4n) is 3.84. The number of carboxylic acid groups (broad SMARTS) is 1. The summed E-state index contributed by atoms with van der Waals surface area (Å²) in [5.74, 6) is -2.26. The molecular weight excluding hydrogens is 512 g/mol. The smallest absolute Gasteiger partial charge is 0.276 e. The van der Waals surface area contributed by atoms with Crippen LogP contribution in [0.2, 0.25) is 0 Å². The number of carbonyl (C=O) groups excluding carboxylic acids is 3. The van der Waals surface area contributed by atoms with Crippen molar-refractivity contribution in [2.75, 3.05) is 11.5 Å². The average molecular weight is 529 g/mol. The summed E-state index contributed by atoms with van der Waals surface area (Å²) in [5.41, 5.74) is 6.16. The Balaban J connectivity index is 1.32. The van der Waals surface area contributed by atoms with Crippen molar-refractivity contribution in [1.82, 2.24) is 25.3 Å². The lowest BCUT2D eigenvalue weighted by Crippen LogP contribution is -2.71. The fraction of sp³-hybridized carbons (Fsp3) is 0.200. The molecule has 0 radical (unpaired) electrons. The topological polar surface area (TPSA) is 204 Å². The number of carbonyl (C=O) groups is 3. The van der Waals surface area contributed by atoms with Crippen molar-refractivity contribution in [3.8, 4) is 11.4 Å². The number of oxime groups is 1. The Bertz CT molecular complexity index is 1400. The number of carboxylic acids is 1. The quantitative estimate of drug-likeness (QED) is 0.104. The van der Waals surface area contributed by atoms with E-state index in [1.165, 1.54) is 23.5 Å².